The molecule has 0 amide bonds. The van der Waals surface area contributed by atoms with Crippen LogP contribution in [0.5, 0.6) is 0 Å². The Morgan fingerprint density at radius 3 is 2.58 bits per heavy atom. The molecule has 0 aliphatic heterocycles. The zero-order chi connectivity index (χ0) is 18.3. The van der Waals surface area contributed by atoms with Gasteiger partial charge in [-0.25, -0.2) is 4.79 Å². The highest BCUT2D eigenvalue weighted by Gasteiger charge is 2.19. The quantitative estimate of drug-likeness (QED) is 0.350. The maximum atomic E-state index is 12.0. The average Bonchev–Trinajstić information content (AvgIpc) is 2.68. The number of allylic oxidation sites excluding steroid dienone is 10. The van der Waals surface area contributed by atoms with Gasteiger partial charge in [0.2, 0.25) is 0 Å². The molecule has 1 aliphatic carbocycles. The first-order valence-electron chi connectivity index (χ1n) is 7.94. The smallest absolute Gasteiger partial charge is 0.334 e. The maximum absolute atomic E-state index is 12.0. The zero-order valence-electron chi connectivity index (χ0n) is 15.1. The molecule has 24 heavy (non-hydrogen) atoms. The van der Waals surface area contributed by atoms with Gasteiger partial charge >= 0.3 is 5.97 Å². The molecule has 0 radical (unpaired) electrons. The summed E-state index contributed by atoms with van der Waals surface area (Å²) in [5.74, 6) is -0.243. The molecule has 2 N–H and O–H groups in total. The molecular weight excluding hydrogens is 298 g/mol. The number of methoxy groups -OCH3 is 1. The highest BCUT2D eigenvalue weighted by atomic mass is 16.5. The second-order valence-corrected chi connectivity index (χ2v) is 5.85. The number of ether oxygens (including phenoxy) is 1. The summed E-state index contributed by atoms with van der Waals surface area (Å²) in [6.07, 6.45) is 12.1. The fourth-order valence-corrected chi connectivity index (χ4v) is 2.41. The van der Waals surface area contributed by atoms with E-state index in [9.17, 15) is 4.79 Å². The monoisotopic (exact) mass is 325 g/mol. The van der Waals surface area contributed by atoms with Gasteiger partial charge in [0, 0.05) is 17.2 Å². The number of esters is 1. The SMILES string of the molecule is C=C(/C=C\C(C1=CC=C(N)C(C)C(=C)C1)=C(/C)C(=O)OC)/C=C/C. The lowest BCUT2D eigenvalue weighted by Gasteiger charge is -2.15. The molecule has 0 heterocycles. The number of carbonyl (C=O) groups is 1. The summed E-state index contributed by atoms with van der Waals surface area (Å²) in [6, 6.07) is 0. The van der Waals surface area contributed by atoms with Crippen LogP contribution in [0, 0.1) is 5.92 Å². The zero-order valence-corrected chi connectivity index (χ0v) is 15.1. The van der Waals surface area contributed by atoms with E-state index in [1.165, 1.54) is 7.11 Å². The molecule has 1 rings (SSSR count). The van der Waals surface area contributed by atoms with Gasteiger partial charge in [-0.1, -0.05) is 56.0 Å². The molecule has 128 valence electrons. The molecule has 0 saturated heterocycles. The molecule has 3 heteroatoms. The van der Waals surface area contributed by atoms with Gasteiger partial charge in [-0.15, -0.1) is 0 Å². The van der Waals surface area contributed by atoms with E-state index in [1.807, 2.05) is 50.3 Å². The van der Waals surface area contributed by atoms with Gasteiger partial charge in [0.25, 0.3) is 0 Å². The van der Waals surface area contributed by atoms with E-state index in [4.69, 9.17) is 10.5 Å². The molecule has 1 unspecified atom stereocenters. The standard InChI is InChI=1S/C21H27NO2/c1-7-8-14(2)9-11-19(17(5)21(23)24-6)18-10-12-20(22)16(4)15(3)13-18/h7-12,16H,2-3,13,22H2,1,4-6H3/b8-7+,11-9-,19-17-. The summed E-state index contributed by atoms with van der Waals surface area (Å²) < 4.78 is 4.88. The Bertz CT molecular complexity index is 685. The van der Waals surface area contributed by atoms with Crippen LogP contribution in [0.2, 0.25) is 0 Å². The number of rotatable bonds is 5. The van der Waals surface area contributed by atoms with E-state index < -0.39 is 0 Å². The number of carbonyl (C=O) groups excluding carboxylic acids is 1. The first-order chi connectivity index (χ1) is 11.3. The molecule has 3 nitrogen and oxygen atoms in total. The van der Waals surface area contributed by atoms with Gasteiger partial charge in [-0.05, 0) is 43.1 Å². The molecule has 0 bridgehead atoms. The average molecular weight is 325 g/mol. The molecule has 0 saturated carbocycles. The van der Waals surface area contributed by atoms with Gasteiger partial charge in [-0.3, -0.25) is 0 Å². The first-order valence-corrected chi connectivity index (χ1v) is 7.94. The van der Waals surface area contributed by atoms with Crippen LogP contribution in [-0.2, 0) is 9.53 Å². The lowest BCUT2D eigenvalue weighted by atomic mass is 9.90. The van der Waals surface area contributed by atoms with Crippen molar-refractivity contribution in [2.24, 2.45) is 11.7 Å². The topological polar surface area (TPSA) is 52.3 Å². The Kier molecular flexibility index (Phi) is 7.25. The summed E-state index contributed by atoms with van der Waals surface area (Å²) >= 11 is 0. The van der Waals surface area contributed by atoms with E-state index in [0.717, 1.165) is 28.0 Å². The molecular formula is C21H27NO2. The van der Waals surface area contributed by atoms with Crippen LogP contribution in [0.4, 0.5) is 0 Å². The highest BCUT2D eigenvalue weighted by molar-refractivity contribution is 5.90. The van der Waals surface area contributed by atoms with Crippen LogP contribution >= 0.6 is 0 Å². The second kappa shape index (κ2) is 8.92. The lowest BCUT2D eigenvalue weighted by Crippen LogP contribution is -2.10. The predicted octanol–water partition coefficient (Wildman–Crippen LogP) is 4.53. The molecule has 1 atom stereocenters. The Labute approximate surface area is 145 Å². The lowest BCUT2D eigenvalue weighted by molar-refractivity contribution is -0.136. The summed E-state index contributed by atoms with van der Waals surface area (Å²) in [4.78, 5) is 12.0. The minimum Gasteiger partial charge on any atom is -0.466 e. The van der Waals surface area contributed by atoms with Crippen LogP contribution in [-0.4, -0.2) is 13.1 Å². The van der Waals surface area contributed by atoms with Crippen LogP contribution < -0.4 is 5.73 Å². The van der Waals surface area contributed by atoms with Crippen molar-refractivity contribution < 1.29 is 9.53 Å². The Hall–Kier alpha value is -2.55. The largest absolute Gasteiger partial charge is 0.466 e. The summed E-state index contributed by atoms with van der Waals surface area (Å²) in [5, 5.41) is 0. The predicted molar refractivity (Wildman–Crippen MR) is 101 cm³/mol. The van der Waals surface area contributed by atoms with Gasteiger partial charge in [0.1, 0.15) is 0 Å². The van der Waals surface area contributed by atoms with Crippen LogP contribution in [0.1, 0.15) is 27.2 Å². The number of hydrogen-bond donors (Lipinski definition) is 1. The summed E-state index contributed by atoms with van der Waals surface area (Å²) in [5.41, 5.74) is 11.0. The fourth-order valence-electron chi connectivity index (χ4n) is 2.41. The van der Waals surface area contributed by atoms with Crippen molar-refractivity contribution in [2.45, 2.75) is 27.2 Å². The molecule has 0 aromatic rings. The molecule has 0 spiro atoms. The number of nitrogens with two attached hydrogens (primary N) is 1. The Morgan fingerprint density at radius 2 is 2.00 bits per heavy atom. The Morgan fingerprint density at radius 1 is 1.33 bits per heavy atom. The molecule has 0 fully saturated rings. The van der Waals surface area contributed by atoms with Gasteiger partial charge in [0.15, 0.2) is 0 Å². The van der Waals surface area contributed by atoms with Crippen molar-refractivity contribution >= 4 is 5.97 Å². The third-order valence-corrected chi connectivity index (χ3v) is 4.09. The normalized spacial score (nSPS) is 19.7. The first kappa shape index (κ1) is 19.5. The van der Waals surface area contributed by atoms with Crippen LogP contribution in [0.3, 0.4) is 0 Å². The van der Waals surface area contributed by atoms with Crippen molar-refractivity contribution in [3.63, 3.8) is 0 Å². The second-order valence-electron chi connectivity index (χ2n) is 5.85. The molecule has 1 aliphatic rings. The molecule has 0 aromatic heterocycles. The van der Waals surface area contributed by atoms with Crippen LogP contribution in [0.25, 0.3) is 0 Å². The highest BCUT2D eigenvalue weighted by Crippen LogP contribution is 2.31. The van der Waals surface area contributed by atoms with Gasteiger partial charge in [-0.2, -0.15) is 0 Å². The summed E-state index contributed by atoms with van der Waals surface area (Å²) in [7, 11) is 1.38. The van der Waals surface area contributed by atoms with E-state index >= 15 is 0 Å². The van der Waals surface area contributed by atoms with E-state index in [1.54, 1.807) is 6.92 Å². The van der Waals surface area contributed by atoms with E-state index in [-0.39, 0.29) is 11.9 Å². The third-order valence-electron chi connectivity index (χ3n) is 4.09. The van der Waals surface area contributed by atoms with Crippen molar-refractivity contribution in [3.05, 3.63) is 83.2 Å². The third kappa shape index (κ3) is 4.98. The van der Waals surface area contributed by atoms with Crippen molar-refractivity contribution in [3.8, 4) is 0 Å². The Balaban J connectivity index is 3.36. The van der Waals surface area contributed by atoms with Crippen molar-refractivity contribution in [2.75, 3.05) is 7.11 Å². The van der Waals surface area contributed by atoms with Gasteiger partial charge in [0.05, 0.1) is 7.11 Å². The summed E-state index contributed by atoms with van der Waals surface area (Å²) in [6.45, 7) is 13.8. The van der Waals surface area contributed by atoms with E-state index in [2.05, 4.69) is 13.2 Å². The van der Waals surface area contributed by atoms with Crippen LogP contribution in [0.15, 0.2) is 83.2 Å². The van der Waals surface area contributed by atoms with Gasteiger partial charge < -0.3 is 10.5 Å². The number of hydrogen-bond acceptors (Lipinski definition) is 3. The van der Waals surface area contributed by atoms with Crippen molar-refractivity contribution in [1.29, 1.82) is 0 Å². The maximum Gasteiger partial charge on any atom is 0.334 e. The minimum atomic E-state index is -0.355. The molecule has 0 aromatic carbocycles. The van der Waals surface area contributed by atoms with Crippen molar-refractivity contribution in [1.82, 2.24) is 0 Å². The van der Waals surface area contributed by atoms with E-state index in [0.29, 0.717) is 12.0 Å². The minimum absolute atomic E-state index is 0.111. The fraction of sp³-hybridized carbons (Fsp3) is 0.286.